The molecule has 102 valence electrons. The van der Waals surface area contributed by atoms with Gasteiger partial charge in [-0.1, -0.05) is 40.9 Å². The number of halogens is 1. The third-order valence-electron chi connectivity index (χ3n) is 4.06. The van der Waals surface area contributed by atoms with Gasteiger partial charge >= 0.3 is 0 Å². The van der Waals surface area contributed by atoms with Crippen LogP contribution in [-0.4, -0.2) is 23.8 Å². The molecule has 1 saturated carbocycles. The standard InChI is InChI=1S/C16H21BrN2/c1-19(13-16(12-17)7-2-3-8-16)11-15-6-4-5-14(9-15)10-18/h4-6,9H,2-3,7-8,11-13H2,1H3. The lowest BCUT2D eigenvalue weighted by atomic mass is 9.88. The second kappa shape index (κ2) is 6.54. The number of hydrogen-bond donors (Lipinski definition) is 0. The monoisotopic (exact) mass is 320 g/mol. The molecule has 2 nitrogen and oxygen atoms in total. The van der Waals surface area contributed by atoms with Crippen molar-refractivity contribution in [1.82, 2.24) is 4.90 Å². The first-order valence-corrected chi connectivity index (χ1v) is 8.03. The molecule has 1 aromatic carbocycles. The van der Waals surface area contributed by atoms with E-state index in [2.05, 4.69) is 40.0 Å². The average molecular weight is 321 g/mol. The summed E-state index contributed by atoms with van der Waals surface area (Å²) in [5, 5.41) is 10.0. The molecule has 0 radical (unpaired) electrons. The second-order valence-corrected chi connectivity index (χ2v) is 6.39. The summed E-state index contributed by atoms with van der Waals surface area (Å²) in [6.07, 6.45) is 5.40. The van der Waals surface area contributed by atoms with E-state index in [9.17, 15) is 0 Å². The summed E-state index contributed by atoms with van der Waals surface area (Å²) in [7, 11) is 2.18. The van der Waals surface area contributed by atoms with Gasteiger partial charge in [-0.2, -0.15) is 5.26 Å². The van der Waals surface area contributed by atoms with Crippen LogP contribution < -0.4 is 0 Å². The topological polar surface area (TPSA) is 27.0 Å². The van der Waals surface area contributed by atoms with E-state index in [1.54, 1.807) is 0 Å². The highest BCUT2D eigenvalue weighted by Gasteiger charge is 2.33. The molecule has 0 heterocycles. The largest absolute Gasteiger partial charge is 0.302 e. The molecule has 1 aromatic rings. The Morgan fingerprint density at radius 2 is 2.11 bits per heavy atom. The van der Waals surface area contributed by atoms with Gasteiger partial charge in [-0.25, -0.2) is 0 Å². The predicted molar refractivity (Wildman–Crippen MR) is 82.2 cm³/mol. The molecule has 0 N–H and O–H groups in total. The summed E-state index contributed by atoms with van der Waals surface area (Å²) in [6, 6.07) is 10.1. The van der Waals surface area contributed by atoms with Crippen molar-refractivity contribution in [3.05, 3.63) is 35.4 Å². The minimum Gasteiger partial charge on any atom is -0.302 e. The Bertz CT molecular complexity index is 458. The highest BCUT2D eigenvalue weighted by atomic mass is 79.9. The highest BCUT2D eigenvalue weighted by molar-refractivity contribution is 9.09. The Hall–Kier alpha value is -0.850. The molecule has 0 amide bonds. The van der Waals surface area contributed by atoms with Crippen molar-refractivity contribution in [2.75, 3.05) is 18.9 Å². The van der Waals surface area contributed by atoms with Gasteiger partial charge in [0.15, 0.2) is 0 Å². The molecule has 0 saturated heterocycles. The Balaban J connectivity index is 1.97. The van der Waals surface area contributed by atoms with E-state index in [0.717, 1.165) is 24.0 Å². The van der Waals surface area contributed by atoms with Crippen molar-refractivity contribution < 1.29 is 0 Å². The van der Waals surface area contributed by atoms with E-state index in [1.165, 1.54) is 31.2 Å². The lowest BCUT2D eigenvalue weighted by Crippen LogP contribution is -2.34. The summed E-state index contributed by atoms with van der Waals surface area (Å²) < 4.78 is 0. The van der Waals surface area contributed by atoms with E-state index in [1.807, 2.05) is 18.2 Å². The first kappa shape index (κ1) is 14.6. The molecule has 0 bridgehead atoms. The maximum absolute atomic E-state index is 8.94. The van der Waals surface area contributed by atoms with Crippen molar-refractivity contribution >= 4 is 15.9 Å². The highest BCUT2D eigenvalue weighted by Crippen LogP contribution is 2.40. The van der Waals surface area contributed by atoms with Gasteiger partial charge < -0.3 is 4.90 Å². The lowest BCUT2D eigenvalue weighted by molar-refractivity contribution is 0.196. The van der Waals surface area contributed by atoms with Crippen molar-refractivity contribution in [2.24, 2.45) is 5.41 Å². The minimum atomic E-state index is 0.460. The first-order valence-electron chi connectivity index (χ1n) is 6.91. The quantitative estimate of drug-likeness (QED) is 0.768. The summed E-state index contributed by atoms with van der Waals surface area (Å²) in [5.41, 5.74) is 2.44. The molecular weight excluding hydrogens is 300 g/mol. The van der Waals surface area contributed by atoms with Crippen LogP contribution >= 0.6 is 15.9 Å². The number of rotatable bonds is 5. The van der Waals surface area contributed by atoms with Gasteiger partial charge in [0.05, 0.1) is 11.6 Å². The second-order valence-electron chi connectivity index (χ2n) is 5.83. The molecule has 1 aliphatic carbocycles. The molecule has 0 atom stereocenters. The molecule has 0 aliphatic heterocycles. The molecule has 0 unspecified atom stereocenters. The van der Waals surface area contributed by atoms with Crippen LogP contribution in [0, 0.1) is 16.7 Å². The van der Waals surface area contributed by atoms with Crippen LogP contribution in [0.5, 0.6) is 0 Å². The molecule has 0 aromatic heterocycles. The zero-order chi connectivity index (χ0) is 13.7. The fourth-order valence-corrected chi connectivity index (χ4v) is 3.88. The van der Waals surface area contributed by atoms with Gasteiger partial charge in [-0.15, -0.1) is 0 Å². The smallest absolute Gasteiger partial charge is 0.0991 e. The van der Waals surface area contributed by atoms with E-state index in [-0.39, 0.29) is 0 Å². The number of alkyl halides is 1. The maximum atomic E-state index is 8.94. The van der Waals surface area contributed by atoms with Crippen LogP contribution in [0.1, 0.15) is 36.8 Å². The van der Waals surface area contributed by atoms with E-state index >= 15 is 0 Å². The van der Waals surface area contributed by atoms with E-state index in [4.69, 9.17) is 5.26 Å². The van der Waals surface area contributed by atoms with Gasteiger partial charge in [0.25, 0.3) is 0 Å². The molecule has 0 spiro atoms. The molecular formula is C16H21BrN2. The SMILES string of the molecule is CN(Cc1cccc(C#N)c1)CC1(CBr)CCCC1. The number of hydrogen-bond acceptors (Lipinski definition) is 2. The average Bonchev–Trinajstić information content (AvgIpc) is 2.88. The summed E-state index contributed by atoms with van der Waals surface area (Å²) in [4.78, 5) is 2.39. The normalized spacial score (nSPS) is 17.6. The van der Waals surface area contributed by atoms with Crippen LogP contribution in [0.2, 0.25) is 0 Å². The molecule has 3 heteroatoms. The Kier molecular flexibility index (Phi) is 5.01. The third kappa shape index (κ3) is 3.81. The van der Waals surface area contributed by atoms with Crippen molar-refractivity contribution in [3.63, 3.8) is 0 Å². The van der Waals surface area contributed by atoms with Crippen molar-refractivity contribution in [1.29, 1.82) is 5.26 Å². The first-order chi connectivity index (χ1) is 9.17. The van der Waals surface area contributed by atoms with Crippen LogP contribution in [-0.2, 0) is 6.54 Å². The lowest BCUT2D eigenvalue weighted by Gasteiger charge is -2.32. The molecule has 1 aliphatic rings. The Morgan fingerprint density at radius 3 is 2.74 bits per heavy atom. The summed E-state index contributed by atoms with van der Waals surface area (Å²) >= 11 is 3.70. The Labute approximate surface area is 124 Å². The van der Waals surface area contributed by atoms with Crippen LogP contribution in [0.15, 0.2) is 24.3 Å². The Morgan fingerprint density at radius 1 is 1.37 bits per heavy atom. The minimum absolute atomic E-state index is 0.460. The van der Waals surface area contributed by atoms with Crippen LogP contribution in [0.4, 0.5) is 0 Å². The predicted octanol–water partition coefficient (Wildman–Crippen LogP) is 3.95. The van der Waals surface area contributed by atoms with Gasteiger partial charge in [0.2, 0.25) is 0 Å². The number of nitrogens with zero attached hydrogens (tertiary/aromatic N) is 2. The third-order valence-corrected chi connectivity index (χ3v) is 5.25. The van der Waals surface area contributed by atoms with E-state index in [0.29, 0.717) is 5.41 Å². The van der Waals surface area contributed by atoms with Crippen LogP contribution in [0.25, 0.3) is 0 Å². The van der Waals surface area contributed by atoms with Crippen LogP contribution in [0.3, 0.4) is 0 Å². The van der Waals surface area contributed by atoms with E-state index < -0.39 is 0 Å². The molecule has 19 heavy (non-hydrogen) atoms. The van der Waals surface area contributed by atoms with Gasteiger partial charge in [-0.05, 0) is 43.0 Å². The zero-order valence-corrected chi connectivity index (χ0v) is 13.1. The number of nitriles is 1. The summed E-state index contributed by atoms with van der Waals surface area (Å²) in [6.45, 7) is 2.05. The van der Waals surface area contributed by atoms with Gasteiger partial charge in [0.1, 0.15) is 0 Å². The van der Waals surface area contributed by atoms with Gasteiger partial charge in [-0.3, -0.25) is 0 Å². The maximum Gasteiger partial charge on any atom is 0.0991 e. The molecule has 2 rings (SSSR count). The molecule has 1 fully saturated rings. The zero-order valence-electron chi connectivity index (χ0n) is 11.5. The van der Waals surface area contributed by atoms with Crippen molar-refractivity contribution in [2.45, 2.75) is 32.2 Å². The van der Waals surface area contributed by atoms with Crippen molar-refractivity contribution in [3.8, 4) is 6.07 Å². The summed E-state index contributed by atoms with van der Waals surface area (Å²) in [5.74, 6) is 0. The number of benzene rings is 1. The van der Waals surface area contributed by atoms with Gasteiger partial charge in [0, 0.05) is 18.4 Å². The fourth-order valence-electron chi connectivity index (χ4n) is 3.14. The fraction of sp³-hybridized carbons (Fsp3) is 0.562.